The Balaban J connectivity index is 1.78. The van der Waals surface area contributed by atoms with Crippen LogP contribution >= 0.6 is 0 Å². The van der Waals surface area contributed by atoms with Crippen molar-refractivity contribution < 1.29 is 9.84 Å². The van der Waals surface area contributed by atoms with Gasteiger partial charge in [0.2, 0.25) is 5.88 Å². The molecule has 3 aromatic rings. The fourth-order valence-electron chi connectivity index (χ4n) is 4.06. The van der Waals surface area contributed by atoms with Gasteiger partial charge in [-0.25, -0.2) is 0 Å². The van der Waals surface area contributed by atoms with Crippen molar-refractivity contribution in [2.45, 2.75) is 39.2 Å². The molecular weight excluding hydrogens is 350 g/mol. The second-order valence-electron chi connectivity index (χ2n) is 7.78. The van der Waals surface area contributed by atoms with E-state index >= 15 is 0 Å². The number of fused-ring (bicyclic) bond motifs is 1. The molecule has 1 aliphatic rings. The maximum Gasteiger partial charge on any atom is 0.201 e. The Morgan fingerprint density at radius 1 is 1.14 bits per heavy atom. The zero-order chi connectivity index (χ0) is 19.7. The highest BCUT2D eigenvalue weighted by molar-refractivity contribution is 6.14. The molecule has 5 heteroatoms. The van der Waals surface area contributed by atoms with E-state index in [1.54, 1.807) is 0 Å². The van der Waals surface area contributed by atoms with Crippen molar-refractivity contribution in [1.29, 1.82) is 0 Å². The molecule has 0 saturated heterocycles. The number of ether oxygens (including phenoxy) is 1. The second kappa shape index (κ2) is 7.76. The van der Waals surface area contributed by atoms with Gasteiger partial charge in [0.25, 0.3) is 0 Å². The Kier molecular flexibility index (Phi) is 5.18. The van der Waals surface area contributed by atoms with E-state index in [0.717, 1.165) is 28.6 Å². The lowest BCUT2D eigenvalue weighted by atomic mass is 9.93. The minimum Gasteiger partial charge on any atom is -0.494 e. The first-order valence-electron chi connectivity index (χ1n) is 9.93. The summed E-state index contributed by atoms with van der Waals surface area (Å²) in [4.78, 5) is 8.75. The molecule has 1 atom stereocenters. The lowest BCUT2D eigenvalue weighted by Crippen LogP contribution is -2.18. The molecule has 1 N–H and O–H groups in total. The summed E-state index contributed by atoms with van der Waals surface area (Å²) in [5, 5.41) is 12.1. The summed E-state index contributed by atoms with van der Waals surface area (Å²) in [6, 6.07) is 10.8. The van der Waals surface area contributed by atoms with Crippen LogP contribution in [0.25, 0.3) is 10.9 Å². The summed E-state index contributed by atoms with van der Waals surface area (Å²) < 4.78 is 7.59. The number of aromatic hydroxyl groups is 1. The molecule has 2 aromatic heterocycles. The monoisotopic (exact) mass is 377 g/mol. The van der Waals surface area contributed by atoms with Crippen LogP contribution in [0.4, 0.5) is 0 Å². The number of aliphatic imine (C=N–C) groups is 1. The van der Waals surface area contributed by atoms with Gasteiger partial charge in [-0.2, -0.15) is 0 Å². The third kappa shape index (κ3) is 3.42. The number of benzene rings is 1. The van der Waals surface area contributed by atoms with Crippen LogP contribution in [0.3, 0.4) is 0 Å². The summed E-state index contributed by atoms with van der Waals surface area (Å²) in [6.45, 7) is 8.13. The molecule has 1 aromatic carbocycles. The molecule has 0 amide bonds. The van der Waals surface area contributed by atoms with E-state index in [-0.39, 0.29) is 11.9 Å². The first kappa shape index (κ1) is 18.7. The highest BCUT2D eigenvalue weighted by Crippen LogP contribution is 2.36. The van der Waals surface area contributed by atoms with Gasteiger partial charge in [-0.15, -0.1) is 0 Å². The standard InChI is InChI=1S/C23H27N3O2/c1-15(2)26-21-5-4-17(12-16(3)18-6-8-24-9-7-18)13-19(21)22(23(26)27)20-14-28-11-10-25-20/h4-9,13,15-16,27H,10-12,14H2,1-3H3. The fraction of sp³-hybridized carbons (Fsp3) is 0.391. The number of rotatable bonds is 5. The Morgan fingerprint density at radius 3 is 2.61 bits per heavy atom. The summed E-state index contributed by atoms with van der Waals surface area (Å²) in [5.41, 5.74) is 5.23. The predicted octanol–water partition coefficient (Wildman–Crippen LogP) is 4.49. The smallest absolute Gasteiger partial charge is 0.201 e. The molecule has 0 spiro atoms. The van der Waals surface area contributed by atoms with Gasteiger partial charge in [0, 0.05) is 23.8 Å². The Morgan fingerprint density at radius 2 is 1.93 bits per heavy atom. The molecular formula is C23H27N3O2. The largest absolute Gasteiger partial charge is 0.494 e. The molecule has 146 valence electrons. The Bertz CT molecular complexity index is 1010. The lowest BCUT2D eigenvalue weighted by molar-refractivity contribution is 0.171. The van der Waals surface area contributed by atoms with Crippen LogP contribution in [0.5, 0.6) is 5.88 Å². The molecule has 4 rings (SSSR count). The van der Waals surface area contributed by atoms with Gasteiger partial charge < -0.3 is 14.4 Å². The topological polar surface area (TPSA) is 59.6 Å². The van der Waals surface area contributed by atoms with Gasteiger partial charge in [-0.3, -0.25) is 9.98 Å². The first-order chi connectivity index (χ1) is 13.6. The third-order valence-electron chi connectivity index (χ3n) is 5.44. The molecule has 0 radical (unpaired) electrons. The van der Waals surface area contributed by atoms with E-state index in [2.05, 4.69) is 61.1 Å². The number of pyridine rings is 1. The lowest BCUT2D eigenvalue weighted by Gasteiger charge is -2.14. The van der Waals surface area contributed by atoms with Crippen molar-refractivity contribution in [3.8, 4) is 5.88 Å². The number of hydrogen-bond donors (Lipinski definition) is 1. The van der Waals surface area contributed by atoms with Crippen molar-refractivity contribution in [3.05, 3.63) is 59.4 Å². The number of aromatic nitrogens is 2. The van der Waals surface area contributed by atoms with Gasteiger partial charge in [0.05, 0.1) is 36.6 Å². The average Bonchev–Trinajstić information content (AvgIpc) is 3.00. The van der Waals surface area contributed by atoms with E-state index in [1.807, 2.05) is 17.0 Å². The van der Waals surface area contributed by atoms with Crippen molar-refractivity contribution in [2.24, 2.45) is 4.99 Å². The van der Waals surface area contributed by atoms with Gasteiger partial charge in [-0.05, 0) is 61.6 Å². The summed E-state index contributed by atoms with van der Waals surface area (Å²) in [6.07, 6.45) is 4.61. The maximum absolute atomic E-state index is 11.0. The molecule has 0 bridgehead atoms. The van der Waals surface area contributed by atoms with Crippen LogP contribution in [-0.2, 0) is 11.2 Å². The molecule has 1 aliphatic heterocycles. The van der Waals surface area contributed by atoms with Crippen LogP contribution in [0, 0.1) is 0 Å². The van der Waals surface area contributed by atoms with Gasteiger partial charge in [0.1, 0.15) is 0 Å². The van der Waals surface area contributed by atoms with E-state index < -0.39 is 0 Å². The van der Waals surface area contributed by atoms with Gasteiger partial charge in [-0.1, -0.05) is 13.0 Å². The molecule has 0 fully saturated rings. The Hall–Kier alpha value is -2.66. The van der Waals surface area contributed by atoms with Crippen LogP contribution in [0.1, 0.15) is 49.4 Å². The maximum atomic E-state index is 11.0. The van der Waals surface area contributed by atoms with Crippen molar-refractivity contribution in [1.82, 2.24) is 9.55 Å². The van der Waals surface area contributed by atoms with E-state index in [9.17, 15) is 5.11 Å². The SMILES string of the molecule is CC(Cc1ccc2c(c1)c(C1=NCCOC1)c(O)n2C(C)C)c1ccncc1. The van der Waals surface area contributed by atoms with Crippen molar-refractivity contribution in [3.63, 3.8) is 0 Å². The number of hydrogen-bond acceptors (Lipinski definition) is 4. The third-order valence-corrected chi connectivity index (χ3v) is 5.44. The van der Waals surface area contributed by atoms with Crippen LogP contribution < -0.4 is 0 Å². The second-order valence-corrected chi connectivity index (χ2v) is 7.78. The van der Waals surface area contributed by atoms with E-state index in [0.29, 0.717) is 25.7 Å². The predicted molar refractivity (Wildman–Crippen MR) is 113 cm³/mol. The zero-order valence-corrected chi connectivity index (χ0v) is 16.7. The highest BCUT2D eigenvalue weighted by Gasteiger charge is 2.24. The Labute approximate surface area is 165 Å². The van der Waals surface area contributed by atoms with Crippen molar-refractivity contribution >= 4 is 16.6 Å². The molecule has 0 saturated carbocycles. The van der Waals surface area contributed by atoms with Crippen LogP contribution in [0.15, 0.2) is 47.7 Å². The number of nitrogens with zero attached hydrogens (tertiary/aromatic N) is 3. The quantitative estimate of drug-likeness (QED) is 0.713. The molecule has 3 heterocycles. The summed E-state index contributed by atoms with van der Waals surface area (Å²) >= 11 is 0. The normalized spacial score (nSPS) is 15.8. The van der Waals surface area contributed by atoms with Gasteiger partial charge in [0.15, 0.2) is 0 Å². The summed E-state index contributed by atoms with van der Waals surface area (Å²) in [5.74, 6) is 0.675. The first-order valence-corrected chi connectivity index (χ1v) is 9.93. The van der Waals surface area contributed by atoms with Gasteiger partial charge >= 0.3 is 0 Å². The highest BCUT2D eigenvalue weighted by atomic mass is 16.5. The van der Waals surface area contributed by atoms with Crippen LogP contribution in [0.2, 0.25) is 0 Å². The molecule has 5 nitrogen and oxygen atoms in total. The molecule has 1 unspecified atom stereocenters. The van der Waals surface area contributed by atoms with E-state index in [4.69, 9.17) is 4.74 Å². The van der Waals surface area contributed by atoms with Crippen molar-refractivity contribution in [2.75, 3.05) is 19.8 Å². The molecule has 0 aliphatic carbocycles. The fourth-order valence-corrected chi connectivity index (χ4v) is 4.06. The average molecular weight is 377 g/mol. The molecule has 28 heavy (non-hydrogen) atoms. The van der Waals surface area contributed by atoms with Crippen LogP contribution in [-0.4, -0.2) is 40.1 Å². The minimum atomic E-state index is 0.156. The van der Waals surface area contributed by atoms with E-state index in [1.165, 1.54) is 11.1 Å². The summed E-state index contributed by atoms with van der Waals surface area (Å²) in [7, 11) is 0. The zero-order valence-electron chi connectivity index (χ0n) is 16.7. The minimum absolute atomic E-state index is 0.156.